The summed E-state index contributed by atoms with van der Waals surface area (Å²) in [5.74, 6) is -0.911. The van der Waals surface area contributed by atoms with Crippen molar-refractivity contribution in [3.8, 4) is 11.1 Å². The molecule has 2 rings (SSSR count). The molecule has 3 nitrogen and oxygen atoms in total. The molecule has 0 spiro atoms. The van der Waals surface area contributed by atoms with E-state index in [1.54, 1.807) is 12.1 Å². The Bertz CT molecular complexity index is 520. The van der Waals surface area contributed by atoms with Crippen molar-refractivity contribution in [3.63, 3.8) is 0 Å². The Balaban J connectivity index is 2.35. The largest absolute Gasteiger partial charge is 0.313 e. The van der Waals surface area contributed by atoms with Crippen LogP contribution >= 0.6 is 0 Å². The van der Waals surface area contributed by atoms with Gasteiger partial charge in [-0.15, -0.1) is 0 Å². The molecule has 0 saturated carbocycles. The minimum Gasteiger partial charge on any atom is -0.313 e. The number of hydrogen-bond donors (Lipinski definition) is 1. The zero-order valence-corrected chi connectivity index (χ0v) is 8.65. The molecule has 0 aliphatic carbocycles. The first-order valence-electron chi connectivity index (χ1n) is 4.82. The number of carbonyl (C=O) groups excluding carboxylic acids is 1. The minimum absolute atomic E-state index is 0.376. The van der Waals surface area contributed by atoms with Crippen molar-refractivity contribution >= 4 is 12.2 Å². The second kappa shape index (κ2) is 4.69. The van der Waals surface area contributed by atoms with Gasteiger partial charge >= 0.3 is 0 Å². The highest BCUT2D eigenvalue weighted by Gasteiger charge is 2.03. The van der Waals surface area contributed by atoms with Gasteiger partial charge in [-0.3, -0.25) is 4.79 Å². The number of anilines is 1. The average Bonchev–Trinajstić information content (AvgIpc) is 2.29. The van der Waals surface area contributed by atoms with Crippen molar-refractivity contribution in [1.29, 1.82) is 0 Å². The molecule has 0 aliphatic rings. The molecule has 2 aromatic rings. The van der Waals surface area contributed by atoms with Gasteiger partial charge in [0.15, 0.2) is 0 Å². The van der Waals surface area contributed by atoms with Crippen molar-refractivity contribution in [2.75, 3.05) is 5.32 Å². The van der Waals surface area contributed by atoms with Crippen molar-refractivity contribution in [2.45, 2.75) is 0 Å². The number of amides is 1. The Labute approximate surface area is 96.1 Å². The Kier molecular flexibility index (Phi) is 3.09. The van der Waals surface area contributed by atoms with Gasteiger partial charge < -0.3 is 5.32 Å². The monoisotopic (exact) mass is 234 g/mol. The van der Waals surface area contributed by atoms with E-state index in [4.69, 9.17) is 0 Å². The number of halogens is 2. The van der Waals surface area contributed by atoms with Gasteiger partial charge in [0.2, 0.25) is 6.41 Å². The smallest absolute Gasteiger partial charge is 0.212 e. The molecule has 0 bridgehead atoms. The lowest BCUT2D eigenvalue weighted by molar-refractivity contribution is -0.105. The number of rotatable bonds is 3. The van der Waals surface area contributed by atoms with E-state index in [-0.39, 0.29) is 0 Å². The summed E-state index contributed by atoms with van der Waals surface area (Å²) in [4.78, 5) is 14.1. The molecule has 17 heavy (non-hydrogen) atoms. The van der Waals surface area contributed by atoms with Crippen LogP contribution < -0.4 is 5.32 Å². The summed E-state index contributed by atoms with van der Waals surface area (Å²) in [6, 6.07) is 6.40. The number of hydrogen-bond acceptors (Lipinski definition) is 2. The fraction of sp³-hybridized carbons (Fsp3) is 0. The van der Waals surface area contributed by atoms with E-state index in [1.807, 2.05) is 0 Å². The van der Waals surface area contributed by atoms with Gasteiger partial charge in [0.05, 0.1) is 0 Å². The Hall–Kier alpha value is -2.30. The van der Waals surface area contributed by atoms with Gasteiger partial charge in [0.1, 0.15) is 17.5 Å². The lowest BCUT2D eigenvalue weighted by atomic mass is 10.1. The molecule has 1 N–H and O–H groups in total. The second-order valence-corrected chi connectivity index (χ2v) is 3.35. The van der Waals surface area contributed by atoms with Crippen molar-refractivity contribution in [2.24, 2.45) is 0 Å². The summed E-state index contributed by atoms with van der Waals surface area (Å²) in [6.07, 6.45) is 1.93. The summed E-state index contributed by atoms with van der Waals surface area (Å²) in [7, 11) is 0. The third-order valence-electron chi connectivity index (χ3n) is 2.17. The number of pyridine rings is 1. The third kappa shape index (κ3) is 2.63. The normalized spacial score (nSPS) is 10.0. The van der Waals surface area contributed by atoms with E-state index in [9.17, 15) is 13.6 Å². The van der Waals surface area contributed by atoms with E-state index in [2.05, 4.69) is 10.3 Å². The molecule has 86 valence electrons. The van der Waals surface area contributed by atoms with Crippen LogP contribution in [-0.2, 0) is 4.79 Å². The molecule has 1 aromatic carbocycles. The molecule has 0 saturated heterocycles. The fourth-order valence-corrected chi connectivity index (χ4v) is 1.43. The van der Waals surface area contributed by atoms with E-state index >= 15 is 0 Å². The minimum atomic E-state index is -0.643. The van der Waals surface area contributed by atoms with Crippen LogP contribution in [0.3, 0.4) is 0 Å². The van der Waals surface area contributed by atoms with Crippen LogP contribution in [0.15, 0.2) is 36.5 Å². The number of benzene rings is 1. The molecule has 0 radical (unpaired) electrons. The maximum Gasteiger partial charge on any atom is 0.212 e. The van der Waals surface area contributed by atoms with Crippen LogP contribution in [0, 0.1) is 11.6 Å². The zero-order valence-electron chi connectivity index (χ0n) is 8.65. The number of nitrogens with one attached hydrogen (secondary N) is 1. The molecular formula is C12H8F2N2O. The molecule has 0 atom stereocenters. The number of nitrogens with zero attached hydrogens (tertiary/aromatic N) is 1. The maximum atomic E-state index is 13.0. The Morgan fingerprint density at radius 3 is 2.29 bits per heavy atom. The van der Waals surface area contributed by atoms with Crippen molar-refractivity contribution < 1.29 is 13.6 Å². The van der Waals surface area contributed by atoms with Gasteiger partial charge in [0.25, 0.3) is 0 Å². The predicted octanol–water partition coefficient (Wildman–Crippen LogP) is 2.60. The highest BCUT2D eigenvalue weighted by atomic mass is 19.1. The molecule has 1 amide bonds. The van der Waals surface area contributed by atoms with Gasteiger partial charge in [-0.1, -0.05) is 0 Å². The summed E-state index contributed by atoms with van der Waals surface area (Å²) in [6.45, 7) is 0. The first kappa shape index (κ1) is 11.2. The molecular weight excluding hydrogens is 226 g/mol. The first-order chi connectivity index (χ1) is 8.19. The van der Waals surface area contributed by atoms with Gasteiger partial charge in [0, 0.05) is 17.8 Å². The Morgan fingerprint density at radius 2 is 1.76 bits per heavy atom. The second-order valence-electron chi connectivity index (χ2n) is 3.35. The molecule has 0 aliphatic heterocycles. The molecule has 1 aromatic heterocycles. The van der Waals surface area contributed by atoms with E-state index in [0.717, 1.165) is 6.07 Å². The topological polar surface area (TPSA) is 42.0 Å². The lowest BCUT2D eigenvalue weighted by Crippen LogP contribution is -1.96. The SMILES string of the molecule is O=CNc1ccc(-c2cc(F)cc(F)c2)cn1. The summed E-state index contributed by atoms with van der Waals surface area (Å²) >= 11 is 0. The van der Waals surface area contributed by atoms with E-state index < -0.39 is 11.6 Å². The van der Waals surface area contributed by atoms with Crippen LogP contribution in [-0.4, -0.2) is 11.4 Å². The lowest BCUT2D eigenvalue weighted by Gasteiger charge is -2.03. The third-order valence-corrected chi connectivity index (χ3v) is 2.17. The van der Waals surface area contributed by atoms with Crippen LogP contribution in [0.2, 0.25) is 0 Å². The van der Waals surface area contributed by atoms with Crippen LogP contribution in [0.1, 0.15) is 0 Å². The van der Waals surface area contributed by atoms with E-state index in [0.29, 0.717) is 23.4 Å². The number of aromatic nitrogens is 1. The van der Waals surface area contributed by atoms with Crippen LogP contribution in [0.4, 0.5) is 14.6 Å². The van der Waals surface area contributed by atoms with Gasteiger partial charge in [-0.05, 0) is 29.8 Å². The molecule has 1 heterocycles. The molecule has 0 fully saturated rings. The predicted molar refractivity (Wildman–Crippen MR) is 59.3 cm³/mol. The van der Waals surface area contributed by atoms with Gasteiger partial charge in [-0.25, -0.2) is 13.8 Å². The Morgan fingerprint density at radius 1 is 1.06 bits per heavy atom. The molecule has 5 heteroatoms. The highest BCUT2D eigenvalue weighted by Crippen LogP contribution is 2.21. The quantitative estimate of drug-likeness (QED) is 0.829. The van der Waals surface area contributed by atoms with Gasteiger partial charge in [-0.2, -0.15) is 0 Å². The fourth-order valence-electron chi connectivity index (χ4n) is 1.43. The maximum absolute atomic E-state index is 13.0. The van der Waals surface area contributed by atoms with Crippen molar-refractivity contribution in [1.82, 2.24) is 4.98 Å². The highest BCUT2D eigenvalue weighted by molar-refractivity contribution is 5.70. The molecule has 0 unspecified atom stereocenters. The zero-order chi connectivity index (χ0) is 12.3. The van der Waals surface area contributed by atoms with E-state index in [1.165, 1.54) is 18.3 Å². The average molecular weight is 234 g/mol. The number of carbonyl (C=O) groups is 1. The van der Waals surface area contributed by atoms with Crippen LogP contribution in [0.25, 0.3) is 11.1 Å². The van der Waals surface area contributed by atoms with Crippen LogP contribution in [0.5, 0.6) is 0 Å². The summed E-state index contributed by atoms with van der Waals surface area (Å²) in [5, 5.41) is 2.37. The van der Waals surface area contributed by atoms with Crippen molar-refractivity contribution in [3.05, 3.63) is 48.2 Å². The summed E-state index contributed by atoms with van der Waals surface area (Å²) in [5.41, 5.74) is 0.965. The standard InChI is InChI=1S/C12H8F2N2O/c13-10-3-9(4-11(14)5-10)8-1-2-12(15-6-8)16-7-17/h1-7H,(H,15,16,17). The first-order valence-corrected chi connectivity index (χ1v) is 4.82. The summed E-state index contributed by atoms with van der Waals surface area (Å²) < 4.78 is 26.0.